The van der Waals surface area contributed by atoms with E-state index in [4.69, 9.17) is 9.47 Å². The van der Waals surface area contributed by atoms with Gasteiger partial charge in [0, 0.05) is 13.0 Å². The second-order valence-corrected chi connectivity index (χ2v) is 4.95. The molecule has 0 aromatic heterocycles. The first-order valence-corrected chi connectivity index (χ1v) is 7.05. The van der Waals surface area contributed by atoms with E-state index in [1.165, 1.54) is 5.56 Å². The zero-order valence-corrected chi connectivity index (χ0v) is 11.4. The smallest absolute Gasteiger partial charge is 0.161 e. The minimum Gasteiger partial charge on any atom is -0.486 e. The van der Waals surface area contributed by atoms with Gasteiger partial charge in [-0.2, -0.15) is 0 Å². The lowest BCUT2D eigenvalue weighted by atomic mass is 10.2. The third-order valence-electron chi connectivity index (χ3n) is 3.38. The molecule has 0 spiro atoms. The van der Waals surface area contributed by atoms with E-state index in [2.05, 4.69) is 29.6 Å². The van der Waals surface area contributed by atoms with Crippen LogP contribution in [0.15, 0.2) is 54.6 Å². The summed E-state index contributed by atoms with van der Waals surface area (Å²) in [4.78, 5) is 0. The average molecular weight is 269 g/mol. The standard InChI is InChI=1S/C17H19NO2/c1-2-6-14(7-3-1)12-18-11-10-15-13-19-16-8-4-5-9-17(16)20-15/h1-9,15,18H,10-13H2/t15-/m0/s1. The largest absolute Gasteiger partial charge is 0.486 e. The second-order valence-electron chi connectivity index (χ2n) is 4.95. The lowest BCUT2D eigenvalue weighted by Crippen LogP contribution is -2.32. The lowest BCUT2D eigenvalue weighted by Gasteiger charge is -2.26. The number of hydrogen-bond donors (Lipinski definition) is 1. The fourth-order valence-corrected chi connectivity index (χ4v) is 2.30. The van der Waals surface area contributed by atoms with Crippen molar-refractivity contribution in [3.63, 3.8) is 0 Å². The summed E-state index contributed by atoms with van der Waals surface area (Å²) in [5, 5.41) is 3.44. The summed E-state index contributed by atoms with van der Waals surface area (Å²) in [6.45, 7) is 2.44. The highest BCUT2D eigenvalue weighted by Gasteiger charge is 2.19. The number of ether oxygens (including phenoxy) is 2. The summed E-state index contributed by atoms with van der Waals surface area (Å²) in [7, 11) is 0. The van der Waals surface area contributed by atoms with Gasteiger partial charge in [0.15, 0.2) is 11.5 Å². The van der Waals surface area contributed by atoms with Gasteiger partial charge in [-0.05, 0) is 24.2 Å². The van der Waals surface area contributed by atoms with E-state index in [0.717, 1.165) is 31.0 Å². The molecule has 2 aromatic carbocycles. The van der Waals surface area contributed by atoms with Gasteiger partial charge in [-0.25, -0.2) is 0 Å². The highest BCUT2D eigenvalue weighted by atomic mass is 16.6. The molecule has 0 bridgehead atoms. The van der Waals surface area contributed by atoms with Gasteiger partial charge >= 0.3 is 0 Å². The molecule has 1 atom stereocenters. The van der Waals surface area contributed by atoms with Gasteiger partial charge in [0.1, 0.15) is 12.7 Å². The van der Waals surface area contributed by atoms with Crippen molar-refractivity contribution in [3.8, 4) is 11.5 Å². The van der Waals surface area contributed by atoms with E-state index in [1.807, 2.05) is 30.3 Å². The number of nitrogens with one attached hydrogen (secondary N) is 1. The van der Waals surface area contributed by atoms with E-state index in [0.29, 0.717) is 6.61 Å². The molecule has 0 fully saturated rings. The summed E-state index contributed by atoms with van der Waals surface area (Å²) >= 11 is 0. The van der Waals surface area contributed by atoms with Crippen molar-refractivity contribution in [2.75, 3.05) is 13.2 Å². The molecular formula is C17H19NO2. The fourth-order valence-electron chi connectivity index (χ4n) is 2.30. The average Bonchev–Trinajstić information content (AvgIpc) is 2.52. The van der Waals surface area contributed by atoms with Crippen LogP contribution in [0.2, 0.25) is 0 Å². The van der Waals surface area contributed by atoms with Gasteiger partial charge < -0.3 is 14.8 Å². The van der Waals surface area contributed by atoms with Gasteiger partial charge in [-0.1, -0.05) is 42.5 Å². The number of benzene rings is 2. The van der Waals surface area contributed by atoms with Gasteiger partial charge in [0.25, 0.3) is 0 Å². The van der Waals surface area contributed by atoms with Crippen LogP contribution in [0.1, 0.15) is 12.0 Å². The van der Waals surface area contributed by atoms with Crippen molar-refractivity contribution in [2.45, 2.75) is 19.1 Å². The molecule has 3 rings (SSSR count). The molecule has 0 unspecified atom stereocenters. The lowest BCUT2D eigenvalue weighted by molar-refractivity contribution is 0.0849. The van der Waals surface area contributed by atoms with Crippen LogP contribution in [0, 0.1) is 0 Å². The molecule has 2 aromatic rings. The van der Waals surface area contributed by atoms with Crippen LogP contribution in [0.3, 0.4) is 0 Å². The van der Waals surface area contributed by atoms with Crippen LogP contribution in [0.4, 0.5) is 0 Å². The summed E-state index contributed by atoms with van der Waals surface area (Å²) in [6, 6.07) is 18.2. The van der Waals surface area contributed by atoms with Crippen LogP contribution < -0.4 is 14.8 Å². The summed E-state index contributed by atoms with van der Waals surface area (Å²) < 4.78 is 11.6. The third-order valence-corrected chi connectivity index (χ3v) is 3.38. The molecule has 1 N–H and O–H groups in total. The van der Waals surface area contributed by atoms with Crippen LogP contribution in [0.5, 0.6) is 11.5 Å². The maximum atomic E-state index is 5.92. The van der Waals surface area contributed by atoms with Crippen molar-refractivity contribution < 1.29 is 9.47 Å². The Labute approximate surface area is 119 Å². The molecule has 3 nitrogen and oxygen atoms in total. The molecule has 1 aliphatic heterocycles. The molecule has 0 saturated carbocycles. The van der Waals surface area contributed by atoms with E-state index >= 15 is 0 Å². The zero-order chi connectivity index (χ0) is 13.6. The van der Waals surface area contributed by atoms with Crippen molar-refractivity contribution in [3.05, 3.63) is 60.2 Å². The Morgan fingerprint density at radius 1 is 0.950 bits per heavy atom. The number of rotatable bonds is 5. The predicted molar refractivity (Wildman–Crippen MR) is 79.1 cm³/mol. The van der Waals surface area contributed by atoms with E-state index in [9.17, 15) is 0 Å². The molecule has 0 saturated heterocycles. The Hall–Kier alpha value is -2.00. The van der Waals surface area contributed by atoms with Gasteiger partial charge in [-0.3, -0.25) is 0 Å². The van der Waals surface area contributed by atoms with Crippen molar-refractivity contribution in [1.29, 1.82) is 0 Å². The van der Waals surface area contributed by atoms with Crippen molar-refractivity contribution in [2.24, 2.45) is 0 Å². The number of hydrogen-bond acceptors (Lipinski definition) is 3. The normalized spacial score (nSPS) is 16.9. The Morgan fingerprint density at radius 3 is 2.55 bits per heavy atom. The monoisotopic (exact) mass is 269 g/mol. The molecule has 3 heteroatoms. The molecule has 0 radical (unpaired) electrons. The SMILES string of the molecule is c1ccc(CNCC[C@H]2COc3ccccc3O2)cc1. The van der Waals surface area contributed by atoms with Gasteiger partial charge in [0.05, 0.1) is 0 Å². The number of para-hydroxylation sites is 2. The summed E-state index contributed by atoms with van der Waals surface area (Å²) in [5.41, 5.74) is 1.30. The first-order valence-electron chi connectivity index (χ1n) is 7.05. The van der Waals surface area contributed by atoms with Crippen LogP contribution >= 0.6 is 0 Å². The van der Waals surface area contributed by atoms with E-state index < -0.39 is 0 Å². The maximum Gasteiger partial charge on any atom is 0.161 e. The molecule has 0 aliphatic carbocycles. The minimum atomic E-state index is 0.133. The summed E-state index contributed by atoms with van der Waals surface area (Å²) in [5.74, 6) is 1.70. The maximum absolute atomic E-state index is 5.92. The second kappa shape index (κ2) is 6.44. The molecule has 1 aliphatic rings. The highest BCUT2D eigenvalue weighted by molar-refractivity contribution is 5.40. The topological polar surface area (TPSA) is 30.5 Å². The first kappa shape index (κ1) is 13.0. The Balaban J connectivity index is 1.42. The van der Waals surface area contributed by atoms with E-state index in [-0.39, 0.29) is 6.10 Å². The van der Waals surface area contributed by atoms with Crippen molar-refractivity contribution in [1.82, 2.24) is 5.32 Å². The molecular weight excluding hydrogens is 250 g/mol. The minimum absolute atomic E-state index is 0.133. The Kier molecular flexibility index (Phi) is 4.19. The Morgan fingerprint density at radius 2 is 1.70 bits per heavy atom. The Bertz CT molecular complexity index is 542. The highest BCUT2D eigenvalue weighted by Crippen LogP contribution is 2.31. The zero-order valence-electron chi connectivity index (χ0n) is 11.4. The quantitative estimate of drug-likeness (QED) is 0.846. The van der Waals surface area contributed by atoms with Crippen molar-refractivity contribution >= 4 is 0 Å². The molecule has 1 heterocycles. The fraction of sp³-hybridized carbons (Fsp3) is 0.294. The number of fused-ring (bicyclic) bond motifs is 1. The van der Waals surface area contributed by atoms with E-state index in [1.54, 1.807) is 0 Å². The van der Waals surface area contributed by atoms with Gasteiger partial charge in [-0.15, -0.1) is 0 Å². The predicted octanol–water partition coefficient (Wildman–Crippen LogP) is 3.01. The first-order chi connectivity index (χ1) is 9.92. The summed E-state index contributed by atoms with van der Waals surface area (Å²) in [6.07, 6.45) is 1.08. The van der Waals surface area contributed by atoms with Crippen LogP contribution in [0.25, 0.3) is 0 Å². The van der Waals surface area contributed by atoms with Crippen LogP contribution in [-0.4, -0.2) is 19.3 Å². The third kappa shape index (κ3) is 3.31. The molecule has 104 valence electrons. The van der Waals surface area contributed by atoms with Gasteiger partial charge in [0.2, 0.25) is 0 Å². The molecule has 20 heavy (non-hydrogen) atoms. The molecule has 0 amide bonds. The van der Waals surface area contributed by atoms with Crippen LogP contribution in [-0.2, 0) is 6.54 Å².